The molecule has 1 N–H and O–H groups in total. The van der Waals surface area contributed by atoms with Gasteiger partial charge in [0.25, 0.3) is 11.5 Å². The van der Waals surface area contributed by atoms with E-state index < -0.39 is 35.5 Å². The minimum Gasteiger partial charge on any atom is -0.356 e. The first-order valence-corrected chi connectivity index (χ1v) is 11.3. The largest absolute Gasteiger partial charge is 0.356 e. The van der Waals surface area contributed by atoms with E-state index in [4.69, 9.17) is 16.1 Å². The van der Waals surface area contributed by atoms with Gasteiger partial charge in [-0.3, -0.25) is 24.5 Å². The first kappa shape index (κ1) is 24.6. The zero-order chi connectivity index (χ0) is 25.0. The number of hydrogen-bond acceptors (Lipinski definition) is 6. The van der Waals surface area contributed by atoms with Crippen LogP contribution in [-0.2, 0) is 9.59 Å². The van der Waals surface area contributed by atoms with Crippen LogP contribution in [0.2, 0.25) is 0 Å². The molecule has 3 aromatic rings. The first-order chi connectivity index (χ1) is 16.7. The number of alkyl halides is 4. The number of amides is 2. The summed E-state index contributed by atoms with van der Waals surface area (Å²) in [5, 5.41) is 6.35. The zero-order valence-electron chi connectivity index (χ0n) is 18.3. The maximum absolute atomic E-state index is 14.1. The van der Waals surface area contributed by atoms with E-state index in [9.17, 15) is 22.8 Å². The average molecular weight is 508 g/mol. The van der Waals surface area contributed by atoms with Crippen LogP contribution >= 0.6 is 11.6 Å². The van der Waals surface area contributed by atoms with E-state index in [0.29, 0.717) is 11.3 Å². The third-order valence-corrected chi connectivity index (χ3v) is 5.91. The van der Waals surface area contributed by atoms with Crippen molar-refractivity contribution < 1.29 is 27.3 Å². The number of anilines is 1. The lowest BCUT2D eigenvalue weighted by molar-refractivity contribution is -0.128. The van der Waals surface area contributed by atoms with Gasteiger partial charge >= 0.3 is 0 Å². The van der Waals surface area contributed by atoms with Crippen molar-refractivity contribution in [3.05, 3.63) is 60.8 Å². The topological polar surface area (TPSA) is 101 Å². The number of aromatic nitrogens is 3. The molecule has 1 saturated carbocycles. The molecule has 2 amide bonds. The van der Waals surface area contributed by atoms with Gasteiger partial charge in [0.05, 0.1) is 18.1 Å². The molecule has 1 aromatic carbocycles. The number of carbonyl (C=O) groups is 2. The van der Waals surface area contributed by atoms with Crippen molar-refractivity contribution >= 4 is 29.1 Å². The monoisotopic (exact) mass is 507 g/mol. The lowest BCUT2D eigenvalue weighted by atomic mass is 9.92. The van der Waals surface area contributed by atoms with Crippen LogP contribution in [0.3, 0.4) is 0 Å². The van der Waals surface area contributed by atoms with Crippen LogP contribution in [0.5, 0.6) is 0 Å². The van der Waals surface area contributed by atoms with E-state index in [1.807, 2.05) is 0 Å². The van der Waals surface area contributed by atoms with Gasteiger partial charge in [0.1, 0.15) is 0 Å². The Morgan fingerprint density at radius 1 is 1.11 bits per heavy atom. The molecule has 2 atom stereocenters. The third-order valence-electron chi connectivity index (χ3n) is 5.73. The minimum atomic E-state index is -2.78. The van der Waals surface area contributed by atoms with Crippen molar-refractivity contribution in [3.8, 4) is 11.3 Å². The molecule has 4 rings (SSSR count). The summed E-state index contributed by atoms with van der Waals surface area (Å²) in [6, 6.07) is 5.84. The van der Waals surface area contributed by atoms with Gasteiger partial charge in [0.15, 0.2) is 11.8 Å². The Kier molecular flexibility index (Phi) is 7.34. The van der Waals surface area contributed by atoms with Crippen molar-refractivity contribution in [2.45, 2.75) is 49.3 Å². The Bertz CT molecular complexity index is 1140. The van der Waals surface area contributed by atoms with Gasteiger partial charge in [-0.15, -0.1) is 0 Å². The molecule has 0 bridgehead atoms. The summed E-state index contributed by atoms with van der Waals surface area (Å²) in [5.74, 6) is -4.23. The molecule has 2 aromatic heterocycles. The number of halogens is 4. The number of rotatable bonds is 7. The molecule has 0 spiro atoms. The summed E-state index contributed by atoms with van der Waals surface area (Å²) >= 11 is 5.51. The smallest absolute Gasteiger partial charge is 0.278 e. The average Bonchev–Trinajstić information content (AvgIpc) is 3.39. The number of nitrogens with zero attached hydrogens (tertiary/aromatic N) is 4. The second kappa shape index (κ2) is 10.4. The zero-order valence-corrected chi connectivity index (χ0v) is 19.0. The fourth-order valence-electron chi connectivity index (χ4n) is 3.96. The van der Waals surface area contributed by atoms with Gasteiger partial charge in [-0.05, 0) is 37.1 Å². The molecule has 184 valence electrons. The standard InChI is InChI=1S/C23H21ClF3N5O3/c24-20(25)22(34)32(16-3-1-14(2-4-16)18-7-10-30-35-18)19(17-13-28-11-12-29-17)21(33)31-15-5-8-23(26,27)9-6-15/h1-4,7,10-13,15,19-20H,5-6,8-9H2,(H,31,33). The predicted molar refractivity (Wildman–Crippen MR) is 120 cm³/mol. The summed E-state index contributed by atoms with van der Waals surface area (Å²) in [7, 11) is 0. The van der Waals surface area contributed by atoms with Gasteiger partial charge in [0.2, 0.25) is 11.8 Å². The lowest BCUT2D eigenvalue weighted by Gasteiger charge is -2.34. The molecule has 2 unspecified atom stereocenters. The van der Waals surface area contributed by atoms with Crippen LogP contribution in [0.15, 0.2) is 59.6 Å². The predicted octanol–water partition coefficient (Wildman–Crippen LogP) is 4.43. The first-order valence-electron chi connectivity index (χ1n) is 10.8. The second-order valence-corrected chi connectivity index (χ2v) is 8.49. The Morgan fingerprint density at radius 2 is 1.83 bits per heavy atom. The fraction of sp³-hybridized carbons (Fsp3) is 0.348. The molecule has 35 heavy (non-hydrogen) atoms. The SMILES string of the molecule is O=C(NC1CCC(F)(F)CC1)C(c1cnccn1)N(C(=O)C(F)Cl)c1ccc(-c2ccno2)cc1. The van der Waals surface area contributed by atoms with Crippen molar-refractivity contribution in [1.82, 2.24) is 20.4 Å². The molecule has 1 fully saturated rings. The Labute approximate surface area is 203 Å². The van der Waals surface area contributed by atoms with Gasteiger partial charge in [-0.2, -0.15) is 0 Å². The molecule has 1 aliphatic rings. The molecule has 0 radical (unpaired) electrons. The molecule has 12 heteroatoms. The molecular weight excluding hydrogens is 487 g/mol. The van der Waals surface area contributed by atoms with E-state index in [1.54, 1.807) is 18.2 Å². The molecule has 0 saturated heterocycles. The molecular formula is C23H21ClF3N5O3. The number of hydrogen-bond donors (Lipinski definition) is 1. The van der Waals surface area contributed by atoms with Crippen molar-refractivity contribution in [3.63, 3.8) is 0 Å². The second-order valence-electron chi connectivity index (χ2n) is 8.10. The van der Waals surface area contributed by atoms with Crippen LogP contribution in [0.25, 0.3) is 11.3 Å². The van der Waals surface area contributed by atoms with Gasteiger partial charge in [0, 0.05) is 48.6 Å². The van der Waals surface area contributed by atoms with E-state index in [2.05, 4.69) is 20.4 Å². The van der Waals surface area contributed by atoms with Crippen LogP contribution in [-0.4, -0.2) is 44.5 Å². The molecule has 0 aliphatic heterocycles. The Balaban J connectivity index is 1.68. The van der Waals surface area contributed by atoms with E-state index in [0.717, 1.165) is 4.90 Å². The van der Waals surface area contributed by atoms with Gasteiger partial charge in [-0.25, -0.2) is 13.2 Å². The fourth-order valence-corrected chi connectivity index (χ4v) is 4.07. The molecule has 1 aliphatic carbocycles. The van der Waals surface area contributed by atoms with Crippen LogP contribution in [0, 0.1) is 0 Å². The number of carbonyl (C=O) groups excluding carboxylic acids is 2. The Morgan fingerprint density at radius 3 is 2.40 bits per heavy atom. The molecule has 2 heterocycles. The summed E-state index contributed by atoms with van der Waals surface area (Å²) in [6.07, 6.45) is 4.82. The lowest BCUT2D eigenvalue weighted by Crippen LogP contribution is -2.49. The van der Waals surface area contributed by atoms with Gasteiger partial charge in [-0.1, -0.05) is 16.8 Å². The van der Waals surface area contributed by atoms with Gasteiger partial charge < -0.3 is 9.84 Å². The van der Waals surface area contributed by atoms with Crippen molar-refractivity contribution in [1.29, 1.82) is 0 Å². The summed E-state index contributed by atoms with van der Waals surface area (Å²) in [4.78, 5) is 35.3. The number of benzene rings is 1. The number of nitrogens with one attached hydrogen (secondary N) is 1. The normalized spacial score (nSPS) is 17.4. The van der Waals surface area contributed by atoms with E-state index in [1.165, 1.54) is 36.9 Å². The quantitative estimate of drug-likeness (QED) is 0.475. The Hall–Kier alpha value is -3.47. The highest BCUT2D eigenvalue weighted by Gasteiger charge is 2.40. The van der Waals surface area contributed by atoms with E-state index in [-0.39, 0.29) is 37.1 Å². The van der Waals surface area contributed by atoms with Crippen LogP contribution in [0.4, 0.5) is 18.9 Å². The maximum Gasteiger partial charge on any atom is 0.278 e. The highest BCUT2D eigenvalue weighted by Crippen LogP contribution is 2.34. The van der Waals surface area contributed by atoms with E-state index >= 15 is 0 Å². The van der Waals surface area contributed by atoms with Crippen molar-refractivity contribution in [2.24, 2.45) is 0 Å². The molecule has 8 nitrogen and oxygen atoms in total. The van der Waals surface area contributed by atoms with Crippen LogP contribution < -0.4 is 10.2 Å². The highest BCUT2D eigenvalue weighted by atomic mass is 35.5. The summed E-state index contributed by atoms with van der Waals surface area (Å²) < 4.78 is 46.4. The summed E-state index contributed by atoms with van der Waals surface area (Å²) in [5.41, 5.74) is -1.62. The van der Waals surface area contributed by atoms with Crippen LogP contribution in [0.1, 0.15) is 37.4 Å². The highest BCUT2D eigenvalue weighted by molar-refractivity contribution is 6.32. The van der Waals surface area contributed by atoms with Crippen molar-refractivity contribution in [2.75, 3.05) is 4.90 Å². The maximum atomic E-state index is 14.1. The third kappa shape index (κ3) is 5.79. The summed E-state index contributed by atoms with van der Waals surface area (Å²) in [6.45, 7) is 0. The minimum absolute atomic E-state index is 0.0520.